The lowest BCUT2D eigenvalue weighted by Gasteiger charge is -2.48. The fourth-order valence-corrected chi connectivity index (χ4v) is 7.86. The molecule has 2 saturated carbocycles. The minimum absolute atomic E-state index is 0.0433. The van der Waals surface area contributed by atoms with Crippen molar-refractivity contribution < 1.29 is 4.79 Å². The molecule has 4 fully saturated rings. The molecular formula is C27H35N5O2. The first-order chi connectivity index (χ1) is 16.5. The van der Waals surface area contributed by atoms with Gasteiger partial charge in [0.25, 0.3) is 11.5 Å². The van der Waals surface area contributed by atoms with Crippen molar-refractivity contribution in [1.29, 1.82) is 5.41 Å². The van der Waals surface area contributed by atoms with E-state index in [1.54, 1.807) is 0 Å². The third kappa shape index (κ3) is 3.51. The first-order valence-corrected chi connectivity index (χ1v) is 13.1. The van der Waals surface area contributed by atoms with Crippen molar-refractivity contribution in [2.75, 3.05) is 7.05 Å². The van der Waals surface area contributed by atoms with Gasteiger partial charge in [-0.25, -0.2) is 4.98 Å². The van der Waals surface area contributed by atoms with Crippen LogP contribution in [0.5, 0.6) is 0 Å². The summed E-state index contributed by atoms with van der Waals surface area (Å²) < 4.78 is 1.90. The zero-order valence-corrected chi connectivity index (χ0v) is 20.0. The topological polar surface area (TPSA) is 91.1 Å². The van der Waals surface area contributed by atoms with Crippen molar-refractivity contribution in [1.82, 2.24) is 19.8 Å². The number of nitrogens with zero attached hydrogens (tertiary/aromatic N) is 3. The molecule has 1 amide bonds. The largest absolute Gasteiger partial charge is 0.354 e. The number of likely N-dealkylation sites (N-methyl/N-ethyl adjacent to an activating group) is 1. The van der Waals surface area contributed by atoms with Crippen LogP contribution in [0.15, 0.2) is 29.1 Å². The van der Waals surface area contributed by atoms with Crippen LogP contribution in [0.3, 0.4) is 0 Å². The molecule has 4 bridgehead atoms. The van der Waals surface area contributed by atoms with Crippen LogP contribution in [0.2, 0.25) is 0 Å². The Morgan fingerprint density at radius 2 is 1.71 bits per heavy atom. The Morgan fingerprint density at radius 3 is 2.47 bits per heavy atom. The first kappa shape index (κ1) is 22.0. The van der Waals surface area contributed by atoms with Crippen LogP contribution in [0, 0.1) is 17.2 Å². The van der Waals surface area contributed by atoms with Gasteiger partial charge in [0.2, 0.25) is 0 Å². The molecule has 1 aromatic heterocycles. The van der Waals surface area contributed by atoms with E-state index in [1.807, 2.05) is 28.8 Å². The molecule has 2 N–H and O–H groups in total. The number of carbonyl (C=O) groups is 1. The van der Waals surface area contributed by atoms with E-state index in [9.17, 15) is 9.59 Å². The predicted molar refractivity (Wildman–Crippen MR) is 132 cm³/mol. The highest BCUT2D eigenvalue weighted by Crippen LogP contribution is 2.49. The van der Waals surface area contributed by atoms with E-state index >= 15 is 0 Å². The number of aromatic nitrogens is 2. The summed E-state index contributed by atoms with van der Waals surface area (Å²) >= 11 is 0. The number of piperidine rings is 1. The van der Waals surface area contributed by atoms with Crippen LogP contribution in [0.4, 0.5) is 0 Å². The van der Waals surface area contributed by atoms with Crippen molar-refractivity contribution in [3.63, 3.8) is 0 Å². The second-order valence-electron chi connectivity index (χ2n) is 11.0. The van der Waals surface area contributed by atoms with Crippen LogP contribution in [-0.2, 0) is 4.79 Å². The molecule has 0 radical (unpaired) electrons. The minimum Gasteiger partial charge on any atom is -0.354 e. The predicted octanol–water partition coefficient (Wildman–Crippen LogP) is 3.65. The van der Waals surface area contributed by atoms with Crippen LogP contribution in [0.25, 0.3) is 11.0 Å². The highest BCUT2D eigenvalue weighted by atomic mass is 16.2. The van der Waals surface area contributed by atoms with E-state index in [-0.39, 0.29) is 23.0 Å². The van der Waals surface area contributed by atoms with E-state index in [0.29, 0.717) is 23.6 Å². The van der Waals surface area contributed by atoms with E-state index in [4.69, 9.17) is 5.41 Å². The maximum atomic E-state index is 13.8. The Morgan fingerprint density at radius 1 is 0.971 bits per heavy atom. The highest BCUT2D eigenvalue weighted by Gasteiger charge is 2.49. The molecule has 2 aliphatic carbocycles. The van der Waals surface area contributed by atoms with Gasteiger partial charge in [-0.05, 0) is 62.5 Å². The monoisotopic (exact) mass is 461 g/mol. The fourth-order valence-electron chi connectivity index (χ4n) is 7.86. The minimum atomic E-state index is -0.577. The average molecular weight is 462 g/mol. The van der Waals surface area contributed by atoms with Gasteiger partial charge in [-0.15, -0.1) is 0 Å². The molecule has 34 heavy (non-hydrogen) atoms. The smallest absolute Gasteiger partial charge is 0.279 e. The molecule has 2 aromatic rings. The summed E-state index contributed by atoms with van der Waals surface area (Å²) in [4.78, 5) is 33.4. The molecule has 2 aliphatic heterocycles. The fraction of sp³-hybridized carbons (Fsp3) is 0.630. The Bertz CT molecular complexity index is 1180. The number of carbonyl (C=O) groups excluding carboxylic acids is 1. The summed E-state index contributed by atoms with van der Waals surface area (Å²) in [5, 5.41) is 10.8. The van der Waals surface area contributed by atoms with Crippen LogP contribution >= 0.6 is 0 Å². The van der Waals surface area contributed by atoms with Gasteiger partial charge in [-0.3, -0.25) is 19.9 Å². The highest BCUT2D eigenvalue weighted by molar-refractivity contribution is 6.43. The molecule has 3 heterocycles. The lowest BCUT2D eigenvalue weighted by atomic mass is 9.69. The van der Waals surface area contributed by atoms with Crippen molar-refractivity contribution >= 4 is 22.7 Å². The summed E-state index contributed by atoms with van der Waals surface area (Å²) in [5.41, 5.74) is 0.790. The lowest BCUT2D eigenvalue weighted by molar-refractivity contribution is -0.114. The van der Waals surface area contributed by atoms with Crippen molar-refractivity contribution in [3.8, 4) is 0 Å². The molecule has 7 nitrogen and oxygen atoms in total. The van der Waals surface area contributed by atoms with Gasteiger partial charge < -0.3 is 9.88 Å². The van der Waals surface area contributed by atoms with Gasteiger partial charge in [0.1, 0.15) is 0 Å². The molecule has 6 rings (SSSR count). The maximum Gasteiger partial charge on any atom is 0.279 e. The Kier molecular flexibility index (Phi) is 5.55. The van der Waals surface area contributed by atoms with Gasteiger partial charge in [0, 0.05) is 25.2 Å². The summed E-state index contributed by atoms with van der Waals surface area (Å²) in [5.74, 6) is 1.18. The zero-order valence-electron chi connectivity index (χ0n) is 20.0. The zero-order chi connectivity index (χ0) is 23.4. The summed E-state index contributed by atoms with van der Waals surface area (Å²) in [7, 11) is 1.48. The standard InChI is InChI=1S/C27H35N5O2/c1-29-26(33)24(28)25-27(34)32(21-10-3-2-9-20(21)30-25)23-15-18-8-5-11-22(23)31(18)19-13-16-6-4-7-17(12-16)14-19/h2-3,9-10,16-19,22-23,28H,4-8,11-15H2,1H3,(H,29,33)/t16?,17?,18-,19?,22+,23?/m0/s1. The maximum absolute atomic E-state index is 13.8. The third-order valence-corrected chi connectivity index (χ3v) is 9.14. The molecule has 180 valence electrons. The number of amides is 1. The van der Waals surface area contributed by atoms with Crippen molar-refractivity contribution in [2.45, 2.75) is 88.4 Å². The van der Waals surface area contributed by atoms with Gasteiger partial charge in [0.05, 0.1) is 17.1 Å². The molecule has 1 aromatic carbocycles. The number of fused-ring (bicyclic) bond motifs is 5. The Labute approximate surface area is 200 Å². The van der Waals surface area contributed by atoms with Crippen molar-refractivity contribution in [3.05, 3.63) is 40.3 Å². The molecule has 5 atom stereocenters. The summed E-state index contributed by atoms with van der Waals surface area (Å²) in [6, 6.07) is 9.26. The molecule has 7 heteroatoms. The van der Waals surface area contributed by atoms with Gasteiger partial charge in [0.15, 0.2) is 11.4 Å². The molecule has 3 unspecified atom stereocenters. The van der Waals surface area contributed by atoms with Crippen LogP contribution < -0.4 is 10.9 Å². The number of hydrogen-bond donors (Lipinski definition) is 2. The SMILES string of the molecule is CNC(=O)C(=N)c1nc2ccccc2n(C2C[C@@H]3CCC[C@H]2N3C2CC3CCCC(C3)C2)c1=O. The molecule has 4 aliphatic rings. The number of nitrogens with one attached hydrogen (secondary N) is 2. The molecule has 0 spiro atoms. The van der Waals surface area contributed by atoms with E-state index < -0.39 is 5.91 Å². The third-order valence-electron chi connectivity index (χ3n) is 9.14. The molecule has 2 saturated heterocycles. The second kappa shape index (κ2) is 8.59. The second-order valence-corrected chi connectivity index (χ2v) is 11.0. The quantitative estimate of drug-likeness (QED) is 0.680. The number of rotatable bonds is 4. The van der Waals surface area contributed by atoms with Gasteiger partial charge in [-0.1, -0.05) is 37.8 Å². The summed E-state index contributed by atoms with van der Waals surface area (Å²) in [6.07, 6.45) is 12.7. The normalized spacial score (nSPS) is 33.1. The average Bonchev–Trinajstić information content (AvgIpc) is 3.07. The van der Waals surface area contributed by atoms with Crippen LogP contribution in [0.1, 0.15) is 75.9 Å². The van der Waals surface area contributed by atoms with Crippen LogP contribution in [-0.4, -0.2) is 51.2 Å². The Balaban J connectivity index is 1.42. The van der Waals surface area contributed by atoms with Gasteiger partial charge >= 0.3 is 0 Å². The lowest BCUT2D eigenvalue weighted by Crippen LogP contribution is -2.51. The first-order valence-electron chi connectivity index (χ1n) is 13.1. The molecular weight excluding hydrogens is 426 g/mol. The van der Waals surface area contributed by atoms with Gasteiger partial charge in [-0.2, -0.15) is 0 Å². The number of para-hydroxylation sites is 2. The number of benzene rings is 1. The Hall–Kier alpha value is -2.54. The summed E-state index contributed by atoms with van der Waals surface area (Å²) in [6.45, 7) is 0. The van der Waals surface area contributed by atoms with E-state index in [1.165, 1.54) is 58.4 Å². The van der Waals surface area contributed by atoms with E-state index in [2.05, 4.69) is 15.2 Å². The van der Waals surface area contributed by atoms with E-state index in [0.717, 1.165) is 30.2 Å². The number of hydrogen-bond acceptors (Lipinski definition) is 5. The van der Waals surface area contributed by atoms with Crippen molar-refractivity contribution in [2.24, 2.45) is 11.8 Å².